The second-order valence-electron chi connectivity index (χ2n) is 4.41. The number of rotatable bonds is 3. The Labute approximate surface area is 88.7 Å². The highest BCUT2D eigenvalue weighted by Gasteiger charge is 2.42. The lowest BCUT2D eigenvalue weighted by molar-refractivity contribution is -0.158. The summed E-state index contributed by atoms with van der Waals surface area (Å²) < 4.78 is 0. The first-order chi connectivity index (χ1) is 6.87. The lowest BCUT2D eigenvalue weighted by atomic mass is 9.93. The second-order valence-corrected chi connectivity index (χ2v) is 4.41. The Bertz CT molecular complexity index is 275. The van der Waals surface area contributed by atoms with Crippen LogP contribution in [0.2, 0.25) is 0 Å². The van der Waals surface area contributed by atoms with E-state index in [1.165, 1.54) is 0 Å². The van der Waals surface area contributed by atoms with E-state index in [0.29, 0.717) is 13.0 Å². The SMILES string of the molecule is CC(C)(C(=O)O)N1CCCCC1C(=O)O. The van der Waals surface area contributed by atoms with Crippen molar-refractivity contribution in [2.45, 2.75) is 44.7 Å². The van der Waals surface area contributed by atoms with E-state index in [1.54, 1.807) is 18.7 Å². The van der Waals surface area contributed by atoms with Crippen molar-refractivity contribution < 1.29 is 19.8 Å². The molecule has 0 amide bonds. The van der Waals surface area contributed by atoms with E-state index in [1.807, 2.05) is 0 Å². The normalized spacial score (nSPS) is 23.7. The van der Waals surface area contributed by atoms with Crippen LogP contribution in [-0.2, 0) is 9.59 Å². The molecule has 0 aromatic rings. The van der Waals surface area contributed by atoms with Gasteiger partial charge >= 0.3 is 11.9 Å². The summed E-state index contributed by atoms with van der Waals surface area (Å²) in [5.41, 5.74) is -1.11. The van der Waals surface area contributed by atoms with E-state index in [0.717, 1.165) is 12.8 Å². The fraction of sp³-hybridized carbons (Fsp3) is 0.800. The molecule has 1 unspecified atom stereocenters. The van der Waals surface area contributed by atoms with Gasteiger partial charge in [-0.15, -0.1) is 0 Å². The number of nitrogens with zero attached hydrogens (tertiary/aromatic N) is 1. The zero-order valence-corrected chi connectivity index (χ0v) is 9.06. The molecule has 5 heteroatoms. The molecule has 1 aliphatic heterocycles. The molecule has 0 aliphatic carbocycles. The van der Waals surface area contributed by atoms with Crippen molar-refractivity contribution in [2.75, 3.05) is 6.54 Å². The van der Waals surface area contributed by atoms with Crippen LogP contribution in [-0.4, -0.2) is 45.2 Å². The summed E-state index contributed by atoms with van der Waals surface area (Å²) in [5, 5.41) is 18.1. The first-order valence-corrected chi connectivity index (χ1v) is 5.10. The molecule has 86 valence electrons. The van der Waals surface area contributed by atoms with Crippen LogP contribution in [0.15, 0.2) is 0 Å². The molecule has 0 saturated carbocycles. The van der Waals surface area contributed by atoms with E-state index < -0.39 is 23.5 Å². The molecule has 1 saturated heterocycles. The van der Waals surface area contributed by atoms with Gasteiger partial charge in [-0.2, -0.15) is 0 Å². The smallest absolute Gasteiger partial charge is 0.323 e. The average molecular weight is 215 g/mol. The number of likely N-dealkylation sites (tertiary alicyclic amines) is 1. The monoisotopic (exact) mass is 215 g/mol. The van der Waals surface area contributed by atoms with Gasteiger partial charge in [-0.1, -0.05) is 6.42 Å². The lowest BCUT2D eigenvalue weighted by Gasteiger charge is -2.41. The Hall–Kier alpha value is -1.10. The van der Waals surface area contributed by atoms with Crippen molar-refractivity contribution in [3.05, 3.63) is 0 Å². The van der Waals surface area contributed by atoms with Crippen molar-refractivity contribution in [1.29, 1.82) is 0 Å². The van der Waals surface area contributed by atoms with Crippen molar-refractivity contribution in [3.8, 4) is 0 Å². The van der Waals surface area contributed by atoms with Crippen LogP contribution in [0.4, 0.5) is 0 Å². The third kappa shape index (κ3) is 2.28. The number of piperidine rings is 1. The van der Waals surface area contributed by atoms with Gasteiger partial charge in [0.15, 0.2) is 0 Å². The predicted molar refractivity (Wildman–Crippen MR) is 53.7 cm³/mol. The van der Waals surface area contributed by atoms with Crippen LogP contribution in [0.5, 0.6) is 0 Å². The number of hydrogen-bond donors (Lipinski definition) is 2. The first kappa shape index (κ1) is 12.0. The third-order valence-corrected chi connectivity index (χ3v) is 3.03. The van der Waals surface area contributed by atoms with Gasteiger partial charge in [0.1, 0.15) is 11.6 Å². The summed E-state index contributed by atoms with van der Waals surface area (Å²) in [6.45, 7) is 3.64. The van der Waals surface area contributed by atoms with Crippen LogP contribution in [0.25, 0.3) is 0 Å². The Morgan fingerprint density at radius 2 is 1.87 bits per heavy atom. The molecule has 1 aliphatic rings. The zero-order valence-electron chi connectivity index (χ0n) is 9.06. The topological polar surface area (TPSA) is 77.8 Å². The molecule has 15 heavy (non-hydrogen) atoms. The minimum Gasteiger partial charge on any atom is -0.480 e. The van der Waals surface area contributed by atoms with Gasteiger partial charge in [0.25, 0.3) is 0 Å². The van der Waals surface area contributed by atoms with Gasteiger partial charge in [-0.3, -0.25) is 14.5 Å². The second kappa shape index (κ2) is 4.18. The zero-order chi connectivity index (χ0) is 11.6. The van der Waals surface area contributed by atoms with Gasteiger partial charge < -0.3 is 10.2 Å². The van der Waals surface area contributed by atoms with Crippen LogP contribution in [0.3, 0.4) is 0 Å². The number of carbonyl (C=O) groups is 2. The third-order valence-electron chi connectivity index (χ3n) is 3.03. The molecule has 5 nitrogen and oxygen atoms in total. The molecular formula is C10H17NO4. The number of carboxylic acid groups (broad SMARTS) is 2. The molecule has 1 atom stereocenters. The summed E-state index contributed by atoms with van der Waals surface area (Å²) in [5.74, 6) is -1.90. The number of hydrogen-bond acceptors (Lipinski definition) is 3. The Morgan fingerprint density at radius 1 is 1.27 bits per heavy atom. The largest absolute Gasteiger partial charge is 0.480 e. The molecule has 1 fully saturated rings. The maximum absolute atomic E-state index is 11.1. The lowest BCUT2D eigenvalue weighted by Crippen LogP contribution is -2.58. The molecule has 0 aromatic carbocycles. The van der Waals surface area contributed by atoms with Gasteiger partial charge in [0.05, 0.1) is 0 Å². The predicted octanol–water partition coefficient (Wildman–Crippen LogP) is 0.789. The molecule has 0 bridgehead atoms. The van der Waals surface area contributed by atoms with Crippen molar-refractivity contribution in [2.24, 2.45) is 0 Å². The fourth-order valence-corrected chi connectivity index (χ4v) is 1.98. The molecule has 1 heterocycles. The van der Waals surface area contributed by atoms with Crippen molar-refractivity contribution in [1.82, 2.24) is 4.90 Å². The minimum atomic E-state index is -1.11. The maximum Gasteiger partial charge on any atom is 0.323 e. The van der Waals surface area contributed by atoms with Gasteiger partial charge in [0, 0.05) is 6.54 Å². The highest BCUT2D eigenvalue weighted by atomic mass is 16.4. The Morgan fingerprint density at radius 3 is 2.33 bits per heavy atom. The van der Waals surface area contributed by atoms with Crippen molar-refractivity contribution in [3.63, 3.8) is 0 Å². The molecule has 0 radical (unpaired) electrons. The molecule has 2 N–H and O–H groups in total. The number of carboxylic acids is 2. The minimum absolute atomic E-state index is 0.534. The number of aliphatic carboxylic acids is 2. The fourth-order valence-electron chi connectivity index (χ4n) is 1.98. The van der Waals surface area contributed by atoms with E-state index in [4.69, 9.17) is 10.2 Å². The van der Waals surface area contributed by atoms with Crippen LogP contribution < -0.4 is 0 Å². The summed E-state index contributed by atoms with van der Waals surface area (Å²) in [7, 11) is 0. The molecule has 1 rings (SSSR count). The van der Waals surface area contributed by atoms with Crippen LogP contribution in [0.1, 0.15) is 33.1 Å². The van der Waals surface area contributed by atoms with Gasteiger partial charge in [-0.05, 0) is 26.7 Å². The average Bonchev–Trinajstić information content (AvgIpc) is 2.17. The molecular weight excluding hydrogens is 198 g/mol. The first-order valence-electron chi connectivity index (χ1n) is 5.10. The summed E-state index contributed by atoms with van der Waals surface area (Å²) in [6.07, 6.45) is 2.25. The molecule has 0 aromatic heterocycles. The standard InChI is InChI=1S/C10H17NO4/c1-10(2,9(14)15)11-6-4-3-5-7(11)8(12)13/h7H,3-6H2,1-2H3,(H,12,13)(H,14,15). The van der Waals surface area contributed by atoms with E-state index in [9.17, 15) is 9.59 Å². The van der Waals surface area contributed by atoms with Gasteiger partial charge in [0.2, 0.25) is 0 Å². The Balaban J connectivity index is 2.89. The van der Waals surface area contributed by atoms with Crippen molar-refractivity contribution >= 4 is 11.9 Å². The summed E-state index contributed by atoms with van der Waals surface area (Å²) in [6, 6.07) is -0.662. The maximum atomic E-state index is 11.1. The summed E-state index contributed by atoms with van der Waals surface area (Å²) in [4.78, 5) is 23.6. The highest BCUT2D eigenvalue weighted by Crippen LogP contribution is 2.26. The quantitative estimate of drug-likeness (QED) is 0.727. The van der Waals surface area contributed by atoms with E-state index >= 15 is 0 Å². The van der Waals surface area contributed by atoms with E-state index in [2.05, 4.69) is 0 Å². The van der Waals surface area contributed by atoms with E-state index in [-0.39, 0.29) is 0 Å². The van der Waals surface area contributed by atoms with Gasteiger partial charge in [-0.25, -0.2) is 0 Å². The van der Waals surface area contributed by atoms with Crippen LogP contribution >= 0.6 is 0 Å². The summed E-state index contributed by atoms with van der Waals surface area (Å²) >= 11 is 0. The highest BCUT2D eigenvalue weighted by molar-refractivity contribution is 5.80. The molecule has 0 spiro atoms. The van der Waals surface area contributed by atoms with Crippen LogP contribution in [0, 0.1) is 0 Å². The Kier molecular flexibility index (Phi) is 3.34.